The number of nitrogens with zero attached hydrogens (tertiary/aromatic N) is 4. The maximum Gasteiger partial charge on any atom is 0.290 e. The third-order valence-corrected chi connectivity index (χ3v) is 7.25. The summed E-state index contributed by atoms with van der Waals surface area (Å²) in [4.78, 5) is 37.1. The van der Waals surface area contributed by atoms with E-state index in [0.717, 1.165) is 55.3 Å². The summed E-state index contributed by atoms with van der Waals surface area (Å²) in [6.45, 7) is 7.95. The first-order chi connectivity index (χ1) is 16.9. The fraction of sp³-hybridized carbons (Fsp3) is 0.308. The summed E-state index contributed by atoms with van der Waals surface area (Å²) in [5.41, 5.74) is 3.32. The number of halogens is 1. The predicted octanol–water partition coefficient (Wildman–Crippen LogP) is 4.68. The molecule has 0 saturated carbocycles. The third-order valence-electron chi connectivity index (χ3n) is 6.44. The molecule has 2 fully saturated rings. The number of carbonyl (C=O) groups is 2. The Kier molecular flexibility index (Phi) is 6.53. The van der Waals surface area contributed by atoms with Gasteiger partial charge in [-0.3, -0.25) is 19.8 Å². The molecule has 1 N–H and O–H groups in total. The number of imide groups is 1. The van der Waals surface area contributed by atoms with Crippen LogP contribution >= 0.6 is 11.8 Å². The normalized spacial score (nSPS) is 20.1. The number of nitrogens with one attached hydrogen (secondary N) is 1. The minimum atomic E-state index is -0.410. The number of carbonyl (C=O) groups excluding carboxylic acids is 2. The third kappa shape index (κ3) is 4.78. The number of piperazine rings is 1. The largest absolute Gasteiger partial charge is 0.366 e. The van der Waals surface area contributed by atoms with E-state index in [2.05, 4.69) is 38.9 Å². The van der Waals surface area contributed by atoms with Gasteiger partial charge < -0.3 is 4.90 Å². The Bertz CT molecular complexity index is 1340. The molecule has 3 aromatic rings. The molecule has 5 rings (SSSR count). The van der Waals surface area contributed by atoms with Crippen LogP contribution in [0.15, 0.2) is 47.6 Å². The summed E-state index contributed by atoms with van der Waals surface area (Å²) in [6.07, 6.45) is 4.24. The van der Waals surface area contributed by atoms with Crippen molar-refractivity contribution in [2.45, 2.75) is 26.3 Å². The molecule has 35 heavy (non-hydrogen) atoms. The molecule has 0 spiro atoms. The van der Waals surface area contributed by atoms with Crippen LogP contribution in [-0.4, -0.2) is 58.2 Å². The molecule has 7 nitrogen and oxygen atoms in total. The average Bonchev–Trinajstić information content (AvgIpc) is 3.16. The maximum absolute atomic E-state index is 15.3. The van der Waals surface area contributed by atoms with Gasteiger partial charge in [0.1, 0.15) is 12.1 Å². The minimum absolute atomic E-state index is 0.277. The summed E-state index contributed by atoms with van der Waals surface area (Å²) in [5.74, 6) is -0.687. The van der Waals surface area contributed by atoms with E-state index >= 15 is 4.39 Å². The maximum atomic E-state index is 15.3. The first-order valence-electron chi connectivity index (χ1n) is 11.7. The van der Waals surface area contributed by atoms with Gasteiger partial charge in [-0.15, -0.1) is 0 Å². The number of aromatic nitrogens is 2. The van der Waals surface area contributed by atoms with Gasteiger partial charge in [-0.25, -0.2) is 14.4 Å². The van der Waals surface area contributed by atoms with Crippen LogP contribution in [0.25, 0.3) is 28.2 Å². The van der Waals surface area contributed by atoms with E-state index in [4.69, 9.17) is 0 Å². The number of benzene rings is 2. The van der Waals surface area contributed by atoms with Crippen LogP contribution in [0.3, 0.4) is 0 Å². The van der Waals surface area contributed by atoms with Crippen LogP contribution in [0.2, 0.25) is 0 Å². The first-order valence-corrected chi connectivity index (χ1v) is 12.5. The van der Waals surface area contributed by atoms with Gasteiger partial charge in [0.05, 0.1) is 21.8 Å². The first kappa shape index (κ1) is 23.4. The summed E-state index contributed by atoms with van der Waals surface area (Å²) in [6, 6.07) is 11.1. The fourth-order valence-electron chi connectivity index (χ4n) is 4.71. The minimum Gasteiger partial charge on any atom is -0.366 e. The molecule has 180 valence electrons. The lowest BCUT2D eigenvalue weighted by atomic mass is 10.0. The van der Waals surface area contributed by atoms with Gasteiger partial charge in [-0.2, -0.15) is 0 Å². The predicted molar refractivity (Wildman–Crippen MR) is 138 cm³/mol. The summed E-state index contributed by atoms with van der Waals surface area (Å²) < 4.78 is 15.3. The number of anilines is 1. The number of fused-ring (bicyclic) bond motifs is 1. The quantitative estimate of drug-likeness (QED) is 0.519. The van der Waals surface area contributed by atoms with Gasteiger partial charge >= 0.3 is 0 Å². The lowest BCUT2D eigenvalue weighted by Crippen LogP contribution is -2.52. The van der Waals surface area contributed by atoms with Crippen LogP contribution in [0.1, 0.15) is 25.8 Å². The number of hydrogen-bond acceptors (Lipinski definition) is 7. The Hall–Kier alpha value is -3.30. The van der Waals surface area contributed by atoms with Crippen molar-refractivity contribution in [1.29, 1.82) is 0 Å². The lowest BCUT2D eigenvalue weighted by molar-refractivity contribution is -0.115. The van der Waals surface area contributed by atoms with E-state index in [1.165, 1.54) is 12.4 Å². The molecule has 2 amide bonds. The van der Waals surface area contributed by atoms with Crippen molar-refractivity contribution in [3.8, 4) is 11.3 Å². The van der Waals surface area contributed by atoms with E-state index in [1.807, 2.05) is 30.3 Å². The molecule has 2 saturated heterocycles. The number of hydrogen-bond donors (Lipinski definition) is 1. The van der Waals surface area contributed by atoms with E-state index < -0.39 is 5.91 Å². The smallest absolute Gasteiger partial charge is 0.290 e. The van der Waals surface area contributed by atoms with Crippen LogP contribution in [0, 0.1) is 5.82 Å². The molecule has 2 aliphatic rings. The zero-order valence-electron chi connectivity index (χ0n) is 19.6. The second kappa shape index (κ2) is 9.75. The molecule has 1 atom stereocenters. The van der Waals surface area contributed by atoms with E-state index in [-0.39, 0.29) is 11.1 Å². The standard InChI is InChI=1S/C26H26FN5O2S/c1-3-8-31-9-10-32(14-16(31)2)22-7-5-18(13-20(22)27)24-19-11-17(4-6-21(19)28-15-29-24)12-23-25(33)30-26(34)35-23/h4-7,11-13,15-16H,3,8-10,14H2,1-2H3,(H,30,33,34)/b23-12-. The Balaban J connectivity index is 1.45. The molecular weight excluding hydrogens is 465 g/mol. The molecule has 9 heteroatoms. The molecule has 2 aromatic carbocycles. The zero-order chi connectivity index (χ0) is 24.5. The number of thioether (sulfide) groups is 1. The van der Waals surface area contributed by atoms with Crippen molar-refractivity contribution in [3.05, 3.63) is 59.0 Å². The van der Waals surface area contributed by atoms with Gasteiger partial charge in [-0.05, 0) is 67.6 Å². The summed E-state index contributed by atoms with van der Waals surface area (Å²) in [5, 5.41) is 2.61. The highest BCUT2D eigenvalue weighted by Gasteiger charge is 2.26. The Morgan fingerprint density at radius 1 is 1.17 bits per heavy atom. The fourth-order valence-corrected chi connectivity index (χ4v) is 5.39. The van der Waals surface area contributed by atoms with Crippen LogP contribution in [-0.2, 0) is 4.79 Å². The zero-order valence-corrected chi connectivity index (χ0v) is 20.4. The van der Waals surface area contributed by atoms with Gasteiger partial charge in [0, 0.05) is 36.6 Å². The highest BCUT2D eigenvalue weighted by atomic mass is 32.2. The summed E-state index contributed by atoms with van der Waals surface area (Å²) >= 11 is 0.867. The number of amides is 2. The van der Waals surface area contributed by atoms with Crippen molar-refractivity contribution < 1.29 is 14.0 Å². The molecule has 2 aliphatic heterocycles. The molecule has 1 unspecified atom stereocenters. The van der Waals surface area contributed by atoms with Crippen LogP contribution < -0.4 is 10.2 Å². The Labute approximate surface area is 207 Å². The molecule has 0 bridgehead atoms. The van der Waals surface area contributed by atoms with Crippen LogP contribution in [0.5, 0.6) is 0 Å². The second-order valence-corrected chi connectivity index (χ2v) is 9.86. The SMILES string of the molecule is CCCN1CCN(c2ccc(-c3ncnc4ccc(/C=C5\SC(=O)NC5=O)cc34)cc2F)CC1C. The van der Waals surface area contributed by atoms with E-state index in [0.29, 0.717) is 33.4 Å². The van der Waals surface area contributed by atoms with Crippen molar-refractivity contribution >= 4 is 45.6 Å². The Morgan fingerprint density at radius 2 is 2.03 bits per heavy atom. The van der Waals surface area contributed by atoms with Crippen molar-refractivity contribution in [1.82, 2.24) is 20.2 Å². The highest BCUT2D eigenvalue weighted by Crippen LogP contribution is 2.32. The van der Waals surface area contributed by atoms with E-state index in [9.17, 15) is 9.59 Å². The number of rotatable bonds is 5. The monoisotopic (exact) mass is 491 g/mol. The van der Waals surface area contributed by atoms with Gasteiger partial charge in [0.25, 0.3) is 11.1 Å². The Morgan fingerprint density at radius 3 is 2.74 bits per heavy atom. The average molecular weight is 492 g/mol. The molecule has 0 aliphatic carbocycles. The molecule has 3 heterocycles. The second-order valence-electron chi connectivity index (χ2n) is 8.85. The van der Waals surface area contributed by atoms with Crippen molar-refractivity contribution in [3.63, 3.8) is 0 Å². The van der Waals surface area contributed by atoms with E-state index in [1.54, 1.807) is 6.08 Å². The van der Waals surface area contributed by atoms with Gasteiger partial charge in [0.15, 0.2) is 0 Å². The molecule has 1 aromatic heterocycles. The lowest BCUT2D eigenvalue weighted by Gasteiger charge is -2.41. The molecular formula is C26H26FN5O2S. The van der Waals surface area contributed by atoms with Crippen LogP contribution in [0.4, 0.5) is 14.9 Å². The topological polar surface area (TPSA) is 78.4 Å². The van der Waals surface area contributed by atoms with Gasteiger partial charge in [-0.1, -0.05) is 19.1 Å². The summed E-state index contributed by atoms with van der Waals surface area (Å²) in [7, 11) is 0. The van der Waals surface area contributed by atoms with Crippen molar-refractivity contribution in [2.75, 3.05) is 31.1 Å². The molecule has 0 radical (unpaired) electrons. The van der Waals surface area contributed by atoms with Crippen molar-refractivity contribution in [2.24, 2.45) is 0 Å². The van der Waals surface area contributed by atoms with Gasteiger partial charge in [0.2, 0.25) is 0 Å². The highest BCUT2D eigenvalue weighted by molar-refractivity contribution is 8.18.